The van der Waals surface area contributed by atoms with E-state index in [1.807, 2.05) is 6.92 Å². The Kier molecular flexibility index (Phi) is 1.94. The second kappa shape index (κ2) is 2.58. The molecule has 3 nitrogen and oxygen atoms in total. The average Bonchev–Trinajstić information content (AvgIpc) is 1.82. The first kappa shape index (κ1) is 7.54. The lowest BCUT2D eigenvalue weighted by atomic mass is 9.94. The van der Waals surface area contributed by atoms with Gasteiger partial charge in [-0.15, -0.1) is 0 Å². The van der Waals surface area contributed by atoms with Crippen molar-refractivity contribution in [1.29, 1.82) is 0 Å². The van der Waals surface area contributed by atoms with E-state index in [1.165, 1.54) is 0 Å². The van der Waals surface area contributed by atoms with Crippen LogP contribution < -0.4 is 0 Å². The number of carbonyl (C=O) groups excluding carboxylic acids is 1. The molecule has 0 spiro atoms. The van der Waals surface area contributed by atoms with Gasteiger partial charge in [-0.3, -0.25) is 4.79 Å². The maximum atomic E-state index is 10.6. The summed E-state index contributed by atoms with van der Waals surface area (Å²) >= 11 is 0. The molecule has 0 aromatic rings. The predicted octanol–water partition coefficient (Wildman–Crippen LogP) is 0.319. The molecule has 3 heteroatoms. The maximum Gasteiger partial charge on any atom is 0.308 e. The van der Waals surface area contributed by atoms with E-state index in [0.717, 1.165) is 0 Å². The minimum Gasteiger partial charge on any atom is -0.462 e. The molecular formula is C7H12O3. The van der Waals surface area contributed by atoms with Crippen molar-refractivity contribution in [2.24, 2.45) is 5.92 Å². The number of carbonyl (C=O) groups is 1. The van der Waals surface area contributed by atoms with E-state index < -0.39 is 6.10 Å². The van der Waals surface area contributed by atoms with Gasteiger partial charge < -0.3 is 9.84 Å². The topological polar surface area (TPSA) is 46.5 Å². The Bertz CT molecular complexity index is 130. The van der Waals surface area contributed by atoms with Crippen molar-refractivity contribution in [1.82, 2.24) is 0 Å². The maximum absolute atomic E-state index is 10.6. The van der Waals surface area contributed by atoms with Crippen LogP contribution in [0.25, 0.3) is 0 Å². The first-order valence-corrected chi connectivity index (χ1v) is 3.49. The molecule has 0 aromatic carbocycles. The molecule has 1 aliphatic heterocycles. The monoisotopic (exact) mass is 144 g/mol. The van der Waals surface area contributed by atoms with Gasteiger partial charge in [-0.2, -0.15) is 0 Å². The molecule has 1 N–H and O–H groups in total. The molecule has 10 heavy (non-hydrogen) atoms. The van der Waals surface area contributed by atoms with E-state index in [2.05, 4.69) is 0 Å². The van der Waals surface area contributed by atoms with Crippen molar-refractivity contribution < 1.29 is 14.6 Å². The van der Waals surface area contributed by atoms with Gasteiger partial charge in [-0.1, -0.05) is 6.92 Å². The van der Waals surface area contributed by atoms with E-state index in [1.54, 1.807) is 6.92 Å². The second-order valence-electron chi connectivity index (χ2n) is 2.83. The minimum absolute atomic E-state index is 0.0673. The first-order chi connectivity index (χ1) is 4.61. The van der Waals surface area contributed by atoms with Crippen LogP contribution in [0.4, 0.5) is 0 Å². The van der Waals surface area contributed by atoms with Crippen LogP contribution in [0.5, 0.6) is 0 Å². The molecule has 58 valence electrons. The molecule has 1 heterocycles. The third-order valence-electron chi connectivity index (χ3n) is 2.04. The Labute approximate surface area is 60.0 Å². The van der Waals surface area contributed by atoms with E-state index in [4.69, 9.17) is 4.74 Å². The number of ether oxygens (including phenoxy) is 1. The van der Waals surface area contributed by atoms with Gasteiger partial charge >= 0.3 is 5.97 Å². The normalized spacial score (nSPS) is 41.1. The van der Waals surface area contributed by atoms with Crippen LogP contribution in [0.1, 0.15) is 20.3 Å². The highest BCUT2D eigenvalue weighted by Crippen LogP contribution is 2.20. The fraction of sp³-hybridized carbons (Fsp3) is 0.857. The van der Waals surface area contributed by atoms with E-state index in [0.29, 0.717) is 0 Å². The van der Waals surface area contributed by atoms with Gasteiger partial charge in [0.2, 0.25) is 0 Å². The summed E-state index contributed by atoms with van der Waals surface area (Å²) in [7, 11) is 0. The van der Waals surface area contributed by atoms with Crippen LogP contribution in [0.3, 0.4) is 0 Å². The quantitative estimate of drug-likeness (QED) is 0.498. The molecule has 1 fully saturated rings. The Morgan fingerprint density at radius 2 is 2.20 bits per heavy atom. The number of rotatable bonds is 0. The number of esters is 1. The molecule has 0 amide bonds. The zero-order valence-corrected chi connectivity index (χ0v) is 6.20. The van der Waals surface area contributed by atoms with Crippen molar-refractivity contribution in [3.05, 3.63) is 0 Å². The molecule has 3 unspecified atom stereocenters. The summed E-state index contributed by atoms with van der Waals surface area (Å²) in [5.74, 6) is -0.226. The Hall–Kier alpha value is -0.570. The summed E-state index contributed by atoms with van der Waals surface area (Å²) in [6.45, 7) is 3.67. The fourth-order valence-corrected chi connectivity index (χ4v) is 1.03. The van der Waals surface area contributed by atoms with E-state index >= 15 is 0 Å². The average molecular weight is 144 g/mol. The van der Waals surface area contributed by atoms with Crippen LogP contribution in [0.2, 0.25) is 0 Å². The second-order valence-corrected chi connectivity index (χ2v) is 2.83. The van der Waals surface area contributed by atoms with Gasteiger partial charge in [-0.05, 0) is 6.92 Å². The number of hydrogen-bond donors (Lipinski definition) is 1. The summed E-state index contributed by atoms with van der Waals surface area (Å²) in [4.78, 5) is 10.6. The van der Waals surface area contributed by atoms with Crippen LogP contribution in [-0.4, -0.2) is 23.3 Å². The van der Waals surface area contributed by atoms with E-state index in [9.17, 15) is 9.90 Å². The Morgan fingerprint density at radius 3 is 2.70 bits per heavy atom. The fourth-order valence-electron chi connectivity index (χ4n) is 1.03. The highest BCUT2D eigenvalue weighted by molar-refractivity contribution is 5.71. The summed E-state index contributed by atoms with van der Waals surface area (Å²) in [6, 6.07) is 0. The summed E-state index contributed by atoms with van der Waals surface area (Å²) in [5, 5.41) is 9.22. The molecule has 3 atom stereocenters. The van der Waals surface area contributed by atoms with Gasteiger partial charge in [0, 0.05) is 5.92 Å². The summed E-state index contributed by atoms with van der Waals surface area (Å²) < 4.78 is 4.87. The molecule has 1 aliphatic rings. The number of hydrogen-bond acceptors (Lipinski definition) is 3. The number of cyclic esters (lactones) is 1. The smallest absolute Gasteiger partial charge is 0.308 e. The van der Waals surface area contributed by atoms with Crippen molar-refractivity contribution in [3.8, 4) is 0 Å². The molecule has 0 aliphatic carbocycles. The van der Waals surface area contributed by atoms with Crippen LogP contribution in [-0.2, 0) is 9.53 Å². The van der Waals surface area contributed by atoms with Crippen molar-refractivity contribution >= 4 is 5.97 Å². The third kappa shape index (κ3) is 1.29. The highest BCUT2D eigenvalue weighted by Gasteiger charge is 2.31. The SMILES string of the molecule is CC1OC(=O)CC(O)C1C. The standard InChI is InChI=1S/C7H12O3/c1-4-5(2)10-7(9)3-6(4)8/h4-6,8H,3H2,1-2H3. The van der Waals surface area contributed by atoms with Gasteiger partial charge in [0.15, 0.2) is 0 Å². The molecule has 1 saturated heterocycles. The van der Waals surface area contributed by atoms with Crippen LogP contribution in [0.15, 0.2) is 0 Å². The van der Waals surface area contributed by atoms with Crippen molar-refractivity contribution in [2.75, 3.05) is 0 Å². The summed E-state index contributed by atoms with van der Waals surface area (Å²) in [6.07, 6.45) is -0.515. The molecular weight excluding hydrogens is 132 g/mol. The first-order valence-electron chi connectivity index (χ1n) is 3.49. The van der Waals surface area contributed by atoms with Gasteiger partial charge in [0.1, 0.15) is 6.10 Å². The lowest BCUT2D eigenvalue weighted by Crippen LogP contribution is -2.38. The molecule has 0 bridgehead atoms. The van der Waals surface area contributed by atoms with Crippen molar-refractivity contribution in [3.63, 3.8) is 0 Å². The molecule has 0 saturated carbocycles. The van der Waals surface area contributed by atoms with Crippen LogP contribution in [0, 0.1) is 5.92 Å². The zero-order chi connectivity index (χ0) is 7.72. The lowest BCUT2D eigenvalue weighted by Gasteiger charge is -2.29. The molecule has 0 radical (unpaired) electrons. The molecule has 0 aromatic heterocycles. The van der Waals surface area contributed by atoms with E-state index in [-0.39, 0.29) is 24.4 Å². The molecule has 1 rings (SSSR count). The Morgan fingerprint density at radius 1 is 1.60 bits per heavy atom. The third-order valence-corrected chi connectivity index (χ3v) is 2.04. The predicted molar refractivity (Wildman–Crippen MR) is 35.3 cm³/mol. The van der Waals surface area contributed by atoms with Gasteiger partial charge in [0.05, 0.1) is 12.5 Å². The lowest BCUT2D eigenvalue weighted by molar-refractivity contribution is -0.165. The number of aliphatic hydroxyl groups is 1. The Balaban J connectivity index is 2.57. The number of aliphatic hydroxyl groups excluding tert-OH is 1. The van der Waals surface area contributed by atoms with Crippen molar-refractivity contribution in [2.45, 2.75) is 32.5 Å². The van der Waals surface area contributed by atoms with Gasteiger partial charge in [-0.25, -0.2) is 0 Å². The zero-order valence-electron chi connectivity index (χ0n) is 6.20. The minimum atomic E-state index is -0.517. The highest BCUT2D eigenvalue weighted by atomic mass is 16.5. The van der Waals surface area contributed by atoms with Gasteiger partial charge in [0.25, 0.3) is 0 Å². The van der Waals surface area contributed by atoms with Crippen LogP contribution >= 0.6 is 0 Å². The largest absolute Gasteiger partial charge is 0.462 e. The summed E-state index contributed by atoms with van der Waals surface area (Å²) in [5.41, 5.74) is 0.